The predicted octanol–water partition coefficient (Wildman–Crippen LogP) is 2.71. The summed E-state index contributed by atoms with van der Waals surface area (Å²) in [6.07, 6.45) is -1.16. The Morgan fingerprint density at radius 2 is 1.92 bits per heavy atom. The van der Waals surface area contributed by atoms with Gasteiger partial charge >= 0.3 is 6.18 Å². The number of carbonyl (C=O) groups is 1. The number of H-pyrrole nitrogens is 1. The van der Waals surface area contributed by atoms with Crippen LogP contribution in [0.1, 0.15) is 11.1 Å². The van der Waals surface area contributed by atoms with Gasteiger partial charge in [0, 0.05) is 29.8 Å². The van der Waals surface area contributed by atoms with Crippen molar-refractivity contribution < 1.29 is 18.0 Å². The van der Waals surface area contributed by atoms with Crippen LogP contribution in [-0.2, 0) is 23.9 Å². The summed E-state index contributed by atoms with van der Waals surface area (Å²) in [5, 5.41) is 3.68. The number of aromatic nitrogens is 2. The number of nitrogens with one attached hydrogen (secondary N) is 2. The van der Waals surface area contributed by atoms with E-state index in [1.54, 1.807) is 0 Å². The summed E-state index contributed by atoms with van der Waals surface area (Å²) < 4.78 is 39.0. The molecule has 0 fully saturated rings. The van der Waals surface area contributed by atoms with Crippen LogP contribution in [0.4, 0.5) is 13.2 Å². The zero-order valence-corrected chi connectivity index (χ0v) is 13.6. The number of fused-ring (bicyclic) bond motifs is 1. The Morgan fingerprint density at radius 3 is 2.69 bits per heavy atom. The van der Waals surface area contributed by atoms with Gasteiger partial charge in [-0.3, -0.25) is 9.59 Å². The minimum atomic E-state index is -4.74. The van der Waals surface area contributed by atoms with Crippen molar-refractivity contribution in [3.63, 3.8) is 0 Å². The number of alkyl halides is 3. The highest BCUT2D eigenvalue weighted by Gasteiger charge is 2.34. The molecule has 2 heterocycles. The third-order valence-corrected chi connectivity index (χ3v) is 4.03. The van der Waals surface area contributed by atoms with Crippen molar-refractivity contribution in [1.82, 2.24) is 14.9 Å². The lowest BCUT2D eigenvalue weighted by atomic mass is 10.1. The van der Waals surface area contributed by atoms with Crippen LogP contribution < -0.4 is 10.9 Å². The van der Waals surface area contributed by atoms with E-state index in [0.717, 1.165) is 33.3 Å². The molecule has 5 nitrogen and oxygen atoms in total. The molecule has 0 spiro atoms. The van der Waals surface area contributed by atoms with Crippen LogP contribution in [0.25, 0.3) is 10.9 Å². The molecule has 2 N–H and O–H groups in total. The third-order valence-electron chi connectivity index (χ3n) is 4.03. The molecule has 0 saturated carbocycles. The van der Waals surface area contributed by atoms with E-state index in [4.69, 9.17) is 0 Å². The molecule has 0 aliphatic heterocycles. The van der Waals surface area contributed by atoms with Gasteiger partial charge in [-0.25, -0.2) is 0 Å². The summed E-state index contributed by atoms with van der Waals surface area (Å²) >= 11 is 0. The summed E-state index contributed by atoms with van der Waals surface area (Å²) in [4.78, 5) is 26.9. The third kappa shape index (κ3) is 3.79. The lowest BCUT2D eigenvalue weighted by Gasteiger charge is -2.10. The van der Waals surface area contributed by atoms with Crippen LogP contribution in [0.5, 0.6) is 0 Å². The maximum absolute atomic E-state index is 12.7. The minimum absolute atomic E-state index is 0.314. The smallest absolute Gasteiger partial charge is 0.361 e. The van der Waals surface area contributed by atoms with Crippen LogP contribution in [0.2, 0.25) is 0 Å². The van der Waals surface area contributed by atoms with Crippen LogP contribution in [0, 0.1) is 0 Å². The Hall–Kier alpha value is -3.03. The molecule has 0 saturated heterocycles. The molecule has 3 rings (SSSR count). The van der Waals surface area contributed by atoms with Gasteiger partial charge in [-0.15, -0.1) is 0 Å². The number of hydrogen-bond donors (Lipinski definition) is 2. The van der Waals surface area contributed by atoms with E-state index in [9.17, 15) is 22.8 Å². The first-order valence-corrected chi connectivity index (χ1v) is 7.94. The second kappa shape index (κ2) is 7.07. The fourth-order valence-corrected chi connectivity index (χ4v) is 2.76. The van der Waals surface area contributed by atoms with Gasteiger partial charge in [0.25, 0.3) is 5.56 Å². The largest absolute Gasteiger partial charge is 0.421 e. The van der Waals surface area contributed by atoms with Crippen molar-refractivity contribution in [1.29, 1.82) is 0 Å². The molecular weight excluding hydrogens is 347 g/mol. The van der Waals surface area contributed by atoms with Crippen LogP contribution in [-0.4, -0.2) is 22.0 Å². The average molecular weight is 363 g/mol. The van der Waals surface area contributed by atoms with Crippen LogP contribution >= 0.6 is 0 Å². The first-order valence-electron chi connectivity index (χ1n) is 7.94. The quantitative estimate of drug-likeness (QED) is 0.732. The highest BCUT2D eigenvalue weighted by Crippen LogP contribution is 2.25. The van der Waals surface area contributed by atoms with E-state index >= 15 is 0 Å². The summed E-state index contributed by atoms with van der Waals surface area (Å²) in [5.74, 6) is -0.522. The van der Waals surface area contributed by atoms with E-state index in [1.807, 2.05) is 30.5 Å². The Morgan fingerprint density at radius 1 is 1.15 bits per heavy atom. The molecule has 3 aromatic rings. The molecule has 1 amide bonds. The van der Waals surface area contributed by atoms with Gasteiger partial charge in [-0.05, 0) is 30.2 Å². The second-order valence-corrected chi connectivity index (χ2v) is 5.81. The maximum Gasteiger partial charge on any atom is 0.421 e. The molecule has 1 aromatic carbocycles. The molecular formula is C18H16F3N3O2. The molecule has 8 heteroatoms. The first kappa shape index (κ1) is 17.8. The summed E-state index contributed by atoms with van der Waals surface area (Å²) in [7, 11) is 0. The minimum Gasteiger partial charge on any atom is -0.361 e. The van der Waals surface area contributed by atoms with Crippen LogP contribution in [0.3, 0.4) is 0 Å². The van der Waals surface area contributed by atoms with Gasteiger partial charge in [-0.1, -0.05) is 18.2 Å². The van der Waals surface area contributed by atoms with E-state index in [2.05, 4.69) is 10.3 Å². The molecule has 0 atom stereocenters. The van der Waals surface area contributed by atoms with Gasteiger partial charge in [0.2, 0.25) is 5.91 Å². The first-order chi connectivity index (χ1) is 12.4. The number of nitrogens with zero attached hydrogens (tertiary/aromatic N) is 1. The fourth-order valence-electron chi connectivity index (χ4n) is 2.76. The number of rotatable bonds is 5. The van der Waals surface area contributed by atoms with Gasteiger partial charge in [0.1, 0.15) is 12.1 Å². The van der Waals surface area contributed by atoms with Gasteiger partial charge < -0.3 is 14.9 Å². The van der Waals surface area contributed by atoms with E-state index in [0.29, 0.717) is 19.0 Å². The fraction of sp³-hybridized carbons (Fsp3) is 0.222. The molecule has 0 aliphatic rings. The van der Waals surface area contributed by atoms with Crippen LogP contribution in [0.15, 0.2) is 53.6 Å². The Kier molecular flexibility index (Phi) is 4.83. The Bertz CT molecular complexity index is 989. The van der Waals surface area contributed by atoms with Crippen molar-refractivity contribution in [2.75, 3.05) is 6.54 Å². The number of halogens is 3. The van der Waals surface area contributed by atoms with Gasteiger partial charge in [0.05, 0.1) is 0 Å². The molecule has 136 valence electrons. The highest BCUT2D eigenvalue weighted by molar-refractivity contribution is 5.83. The zero-order valence-electron chi connectivity index (χ0n) is 13.6. The number of amides is 1. The number of benzene rings is 1. The normalized spacial score (nSPS) is 11.7. The van der Waals surface area contributed by atoms with E-state index in [1.165, 1.54) is 0 Å². The monoisotopic (exact) mass is 363 g/mol. The van der Waals surface area contributed by atoms with Gasteiger partial charge in [0.15, 0.2) is 0 Å². The topological polar surface area (TPSA) is 66.9 Å². The molecule has 0 aliphatic carbocycles. The summed E-state index contributed by atoms with van der Waals surface area (Å²) in [6.45, 7) is -0.148. The molecule has 26 heavy (non-hydrogen) atoms. The number of aromatic amines is 1. The number of para-hydroxylation sites is 1. The second-order valence-electron chi connectivity index (χ2n) is 5.81. The summed E-state index contributed by atoms with van der Waals surface area (Å²) in [5.41, 5.74) is -0.500. The van der Waals surface area contributed by atoms with Crippen molar-refractivity contribution in [3.8, 4) is 0 Å². The van der Waals surface area contributed by atoms with Crippen molar-refractivity contribution in [3.05, 3.63) is 70.3 Å². The SMILES string of the molecule is O=C(Cn1cccc(C(F)(F)F)c1=O)NCCc1c[nH]c2ccccc12. The van der Waals surface area contributed by atoms with Crippen molar-refractivity contribution in [2.24, 2.45) is 0 Å². The molecule has 0 unspecified atom stereocenters. The van der Waals surface area contributed by atoms with E-state index in [-0.39, 0.29) is 0 Å². The Labute approximate surface area is 146 Å². The average Bonchev–Trinajstić information content (AvgIpc) is 2.99. The predicted molar refractivity (Wildman–Crippen MR) is 90.7 cm³/mol. The van der Waals surface area contributed by atoms with Crippen molar-refractivity contribution in [2.45, 2.75) is 19.1 Å². The number of hydrogen-bond acceptors (Lipinski definition) is 2. The lowest BCUT2D eigenvalue weighted by molar-refractivity contribution is -0.139. The van der Waals surface area contributed by atoms with Crippen molar-refractivity contribution >= 4 is 16.8 Å². The zero-order chi connectivity index (χ0) is 18.7. The maximum atomic E-state index is 12.7. The number of pyridine rings is 1. The van der Waals surface area contributed by atoms with Gasteiger partial charge in [-0.2, -0.15) is 13.2 Å². The summed E-state index contributed by atoms with van der Waals surface area (Å²) in [6, 6.07) is 9.54. The molecule has 0 radical (unpaired) electrons. The standard InChI is InChI=1S/C18H16F3N3O2/c19-18(20,21)14-5-3-9-24(17(14)26)11-16(25)22-8-7-12-10-23-15-6-2-1-4-13(12)15/h1-6,9-10,23H,7-8,11H2,(H,22,25). The molecule has 2 aromatic heterocycles. The highest BCUT2D eigenvalue weighted by atomic mass is 19.4. The lowest BCUT2D eigenvalue weighted by Crippen LogP contribution is -2.35. The molecule has 0 bridgehead atoms. The number of carbonyl (C=O) groups excluding carboxylic acids is 1. The Balaban J connectivity index is 1.61. The van der Waals surface area contributed by atoms with E-state index < -0.39 is 29.8 Å².